The monoisotopic (exact) mass is 403 g/mol. The molecule has 0 unspecified atom stereocenters. The van der Waals surface area contributed by atoms with Crippen LogP contribution in [-0.2, 0) is 14.6 Å². The van der Waals surface area contributed by atoms with Crippen molar-refractivity contribution in [3.05, 3.63) is 29.0 Å². The lowest BCUT2D eigenvalue weighted by atomic mass is 9.64. The van der Waals surface area contributed by atoms with Crippen LogP contribution in [0.1, 0.15) is 12.8 Å². The van der Waals surface area contributed by atoms with Crippen molar-refractivity contribution < 1.29 is 35.9 Å². The maximum atomic E-state index is 12.9. The highest BCUT2D eigenvalue weighted by atomic mass is 35.5. The van der Waals surface area contributed by atoms with Crippen LogP contribution < -0.4 is 5.32 Å². The Labute approximate surface area is 145 Å². The van der Waals surface area contributed by atoms with Crippen LogP contribution in [0.2, 0.25) is 5.02 Å². The molecule has 0 atom stereocenters. The Balaban J connectivity index is 0.000000277. The summed E-state index contributed by atoms with van der Waals surface area (Å²) in [7, 11) is -3.42. The topological polar surface area (TPSA) is 83.5 Å². The number of sulfone groups is 1. The normalized spacial score (nSPS) is 19.4. The number of halogens is 5. The van der Waals surface area contributed by atoms with Crippen LogP contribution in [0.5, 0.6) is 0 Å². The minimum atomic E-state index is -5.08. The fraction of sp³-hybridized carbons (Fsp3) is 0.500. The third kappa shape index (κ3) is 4.24. The summed E-state index contributed by atoms with van der Waals surface area (Å²) in [6.45, 7) is 1.80. The highest BCUT2D eigenvalue weighted by Crippen LogP contribution is 2.49. The zero-order chi connectivity index (χ0) is 19.0. The van der Waals surface area contributed by atoms with Crippen molar-refractivity contribution in [2.75, 3.05) is 13.1 Å². The van der Waals surface area contributed by atoms with Gasteiger partial charge in [-0.3, -0.25) is 0 Å². The van der Waals surface area contributed by atoms with Crippen molar-refractivity contribution in [1.29, 1.82) is 0 Å². The summed E-state index contributed by atoms with van der Waals surface area (Å²) in [6, 6.07) is 3.45. The first kappa shape index (κ1) is 19.9. The SMILES string of the molecule is O=C(O)C(F)(F)F.O=S(=O)(c1ccc(F)cc1Cl)C1CC2(CNC2)C1. The molecule has 2 aliphatic rings. The van der Waals surface area contributed by atoms with Gasteiger partial charge in [-0.1, -0.05) is 11.6 Å². The Bertz CT molecular complexity index is 770. The van der Waals surface area contributed by atoms with Crippen LogP contribution in [0.15, 0.2) is 23.1 Å². The van der Waals surface area contributed by atoms with Gasteiger partial charge in [-0.05, 0) is 36.5 Å². The van der Waals surface area contributed by atoms with Crippen molar-refractivity contribution in [1.82, 2.24) is 5.32 Å². The molecule has 0 amide bonds. The standard InChI is InChI=1S/C12H13ClFNO2S.C2HF3O2/c13-10-3-8(14)1-2-11(10)18(16,17)9-4-12(5-9)6-15-7-12;3-2(4,5)1(6)7/h1-3,9,15H,4-7H2;(H,6,7). The Morgan fingerprint density at radius 1 is 1.28 bits per heavy atom. The molecule has 1 saturated heterocycles. The number of hydrogen-bond acceptors (Lipinski definition) is 4. The van der Waals surface area contributed by atoms with Gasteiger partial charge < -0.3 is 10.4 Å². The number of carboxylic acids is 1. The van der Waals surface area contributed by atoms with E-state index in [4.69, 9.17) is 21.5 Å². The quantitative estimate of drug-likeness (QED) is 0.586. The van der Waals surface area contributed by atoms with Gasteiger partial charge >= 0.3 is 12.1 Å². The highest BCUT2D eigenvalue weighted by molar-refractivity contribution is 7.92. The van der Waals surface area contributed by atoms with E-state index in [9.17, 15) is 26.0 Å². The van der Waals surface area contributed by atoms with Crippen LogP contribution in [0, 0.1) is 11.2 Å². The molecular formula is C14H14ClF4NO4S. The molecule has 1 spiro atoms. The van der Waals surface area contributed by atoms with Crippen molar-refractivity contribution in [2.24, 2.45) is 5.41 Å². The first-order valence-electron chi connectivity index (χ1n) is 7.07. The van der Waals surface area contributed by atoms with E-state index in [1.165, 1.54) is 6.07 Å². The van der Waals surface area contributed by atoms with Gasteiger partial charge in [0, 0.05) is 13.1 Å². The summed E-state index contributed by atoms with van der Waals surface area (Å²) in [5, 5.41) is 9.89. The van der Waals surface area contributed by atoms with Gasteiger partial charge in [0.15, 0.2) is 9.84 Å². The molecular weight excluding hydrogens is 390 g/mol. The lowest BCUT2D eigenvalue weighted by Gasteiger charge is -2.53. The second-order valence-electron chi connectivity index (χ2n) is 6.06. The average Bonchev–Trinajstić information content (AvgIpc) is 2.33. The number of carboxylic acid groups (broad SMARTS) is 1. The van der Waals surface area contributed by atoms with Crippen LogP contribution in [-0.4, -0.2) is 44.0 Å². The van der Waals surface area contributed by atoms with Gasteiger partial charge in [0.1, 0.15) is 5.82 Å². The largest absolute Gasteiger partial charge is 0.490 e. The number of benzene rings is 1. The Hall–Kier alpha value is -1.39. The van der Waals surface area contributed by atoms with Crippen molar-refractivity contribution >= 4 is 27.4 Å². The fourth-order valence-electron chi connectivity index (χ4n) is 2.78. The van der Waals surface area contributed by atoms with Crippen LogP contribution in [0.25, 0.3) is 0 Å². The second kappa shape index (κ2) is 6.73. The minimum absolute atomic E-state index is 0.0253. The summed E-state index contributed by atoms with van der Waals surface area (Å²) >= 11 is 5.83. The summed E-state index contributed by atoms with van der Waals surface area (Å²) in [5.41, 5.74) is 0.185. The number of nitrogens with one attached hydrogen (secondary N) is 1. The molecule has 1 aromatic carbocycles. The molecule has 2 fully saturated rings. The molecule has 1 aliphatic heterocycles. The van der Waals surface area contributed by atoms with Gasteiger partial charge in [0.2, 0.25) is 0 Å². The van der Waals surface area contributed by atoms with Crippen molar-refractivity contribution in [2.45, 2.75) is 29.2 Å². The molecule has 140 valence electrons. The van der Waals surface area contributed by atoms with Gasteiger partial charge in [-0.2, -0.15) is 13.2 Å². The summed E-state index contributed by atoms with van der Waals surface area (Å²) in [4.78, 5) is 8.95. The molecule has 1 aromatic rings. The fourth-order valence-corrected chi connectivity index (χ4v) is 5.36. The van der Waals surface area contributed by atoms with E-state index in [-0.39, 0.29) is 20.6 Å². The summed E-state index contributed by atoms with van der Waals surface area (Å²) in [6.07, 6.45) is -3.73. The molecule has 1 aliphatic carbocycles. The van der Waals surface area contributed by atoms with Crippen molar-refractivity contribution in [3.63, 3.8) is 0 Å². The number of alkyl halides is 3. The van der Waals surface area contributed by atoms with Gasteiger partial charge in [0.25, 0.3) is 0 Å². The Morgan fingerprint density at radius 3 is 2.16 bits per heavy atom. The smallest absolute Gasteiger partial charge is 0.475 e. The molecule has 11 heteroatoms. The molecule has 25 heavy (non-hydrogen) atoms. The van der Waals surface area contributed by atoms with E-state index in [0.29, 0.717) is 12.8 Å². The van der Waals surface area contributed by atoms with E-state index >= 15 is 0 Å². The third-order valence-corrected chi connectivity index (χ3v) is 6.81. The lowest BCUT2D eigenvalue weighted by molar-refractivity contribution is -0.192. The lowest BCUT2D eigenvalue weighted by Crippen LogP contribution is -2.63. The number of hydrogen-bond donors (Lipinski definition) is 2. The first-order chi connectivity index (χ1) is 11.4. The minimum Gasteiger partial charge on any atom is -0.475 e. The van der Waals surface area contributed by atoms with E-state index in [1.54, 1.807) is 0 Å². The molecule has 2 N–H and O–H groups in total. The Morgan fingerprint density at radius 2 is 1.80 bits per heavy atom. The molecule has 3 rings (SSSR count). The second-order valence-corrected chi connectivity index (χ2v) is 8.66. The predicted molar refractivity (Wildman–Crippen MR) is 80.6 cm³/mol. The Kier molecular flexibility index (Phi) is 5.36. The predicted octanol–water partition coefficient (Wildman–Crippen LogP) is 2.64. The highest BCUT2D eigenvalue weighted by Gasteiger charge is 2.53. The van der Waals surface area contributed by atoms with E-state index in [1.807, 2.05) is 0 Å². The zero-order valence-corrected chi connectivity index (χ0v) is 14.2. The number of aliphatic carboxylic acids is 1. The van der Waals surface area contributed by atoms with Gasteiger partial charge in [0.05, 0.1) is 15.2 Å². The maximum absolute atomic E-state index is 12.9. The van der Waals surface area contributed by atoms with Crippen LogP contribution in [0.3, 0.4) is 0 Å². The number of carbonyl (C=O) groups is 1. The summed E-state index contributed by atoms with van der Waals surface area (Å²) in [5.74, 6) is -3.28. The maximum Gasteiger partial charge on any atom is 0.490 e. The van der Waals surface area contributed by atoms with Crippen molar-refractivity contribution in [3.8, 4) is 0 Å². The number of rotatable bonds is 2. The van der Waals surface area contributed by atoms with E-state index in [2.05, 4.69) is 5.32 Å². The molecule has 0 bridgehead atoms. The van der Waals surface area contributed by atoms with E-state index in [0.717, 1.165) is 25.2 Å². The van der Waals surface area contributed by atoms with Gasteiger partial charge in [-0.15, -0.1) is 0 Å². The third-order valence-electron chi connectivity index (χ3n) is 4.20. The molecule has 0 radical (unpaired) electrons. The molecule has 1 heterocycles. The van der Waals surface area contributed by atoms with Crippen LogP contribution in [0.4, 0.5) is 17.6 Å². The molecule has 5 nitrogen and oxygen atoms in total. The average molecular weight is 404 g/mol. The van der Waals surface area contributed by atoms with Crippen LogP contribution >= 0.6 is 11.6 Å². The first-order valence-corrected chi connectivity index (χ1v) is 9.00. The summed E-state index contributed by atoms with van der Waals surface area (Å²) < 4.78 is 69.4. The molecule has 1 saturated carbocycles. The molecule has 0 aromatic heterocycles. The van der Waals surface area contributed by atoms with E-state index < -0.39 is 27.8 Å². The van der Waals surface area contributed by atoms with Gasteiger partial charge in [-0.25, -0.2) is 17.6 Å². The zero-order valence-electron chi connectivity index (χ0n) is 12.6.